The van der Waals surface area contributed by atoms with Gasteiger partial charge in [-0.05, 0) is 42.2 Å². The summed E-state index contributed by atoms with van der Waals surface area (Å²) < 4.78 is 0. The Bertz CT molecular complexity index is 458. The maximum atomic E-state index is 10.6. The first-order chi connectivity index (χ1) is 7.54. The Kier molecular flexibility index (Phi) is 3.84. The highest BCUT2D eigenvalue weighted by atomic mass is 16.4. The van der Waals surface area contributed by atoms with Crippen LogP contribution in [-0.2, 0) is 4.79 Å². The van der Waals surface area contributed by atoms with Gasteiger partial charge in [0.05, 0.1) is 12.5 Å². The van der Waals surface area contributed by atoms with Gasteiger partial charge in [0.25, 0.3) is 0 Å². The van der Waals surface area contributed by atoms with E-state index in [9.17, 15) is 4.79 Å². The lowest BCUT2D eigenvalue weighted by molar-refractivity contribution is -0.132. The molecule has 0 unspecified atom stereocenters. The van der Waals surface area contributed by atoms with Gasteiger partial charge in [0.15, 0.2) is 0 Å². The standard InChI is InChI=1S/C13H12NO2/c1-9-6-11(4-3-5-14)7-10(2)12(9)8-13(15)16/h3-4,6-8H,1-2H3,(H,15,16). The molecule has 1 aromatic carbocycles. The van der Waals surface area contributed by atoms with Gasteiger partial charge in [-0.3, -0.25) is 4.79 Å². The van der Waals surface area contributed by atoms with Gasteiger partial charge in [0.2, 0.25) is 0 Å². The van der Waals surface area contributed by atoms with Crippen molar-refractivity contribution in [2.75, 3.05) is 0 Å². The second-order valence-electron chi connectivity index (χ2n) is 3.51. The zero-order valence-electron chi connectivity index (χ0n) is 9.19. The highest BCUT2D eigenvalue weighted by molar-refractivity contribution is 5.82. The Morgan fingerprint density at radius 2 is 1.94 bits per heavy atom. The first kappa shape index (κ1) is 12.0. The van der Waals surface area contributed by atoms with Gasteiger partial charge in [-0.15, -0.1) is 0 Å². The molecule has 0 saturated carbocycles. The zero-order valence-corrected chi connectivity index (χ0v) is 9.19. The van der Waals surface area contributed by atoms with E-state index in [1.165, 1.54) is 12.5 Å². The Hall–Kier alpha value is -2.08. The first-order valence-corrected chi connectivity index (χ1v) is 4.79. The highest BCUT2D eigenvalue weighted by Gasteiger charge is 2.08. The number of allylic oxidation sites excluding steroid dienone is 1. The molecule has 1 rings (SSSR count). The first-order valence-electron chi connectivity index (χ1n) is 4.79. The van der Waals surface area contributed by atoms with E-state index in [0.29, 0.717) is 0 Å². The summed E-state index contributed by atoms with van der Waals surface area (Å²) in [6.07, 6.45) is 4.29. The predicted molar refractivity (Wildman–Crippen MR) is 61.6 cm³/mol. The maximum Gasteiger partial charge on any atom is 0.312 e. The minimum atomic E-state index is -0.952. The van der Waals surface area contributed by atoms with Crippen molar-refractivity contribution < 1.29 is 9.90 Å². The normalized spacial score (nSPS) is 10.3. The Balaban J connectivity index is 3.13. The van der Waals surface area contributed by atoms with Crippen molar-refractivity contribution in [3.8, 4) is 6.07 Å². The number of carboxylic acid groups (broad SMARTS) is 1. The van der Waals surface area contributed by atoms with Crippen LogP contribution in [0.1, 0.15) is 22.3 Å². The molecule has 0 aliphatic carbocycles. The average Bonchev–Trinajstić information content (AvgIpc) is 2.20. The summed E-state index contributed by atoms with van der Waals surface area (Å²) in [5, 5.41) is 17.1. The number of carbonyl (C=O) groups is 1. The molecule has 0 amide bonds. The van der Waals surface area contributed by atoms with Crippen molar-refractivity contribution in [3.63, 3.8) is 0 Å². The molecule has 0 aromatic heterocycles. The van der Waals surface area contributed by atoms with E-state index < -0.39 is 5.97 Å². The number of nitriles is 1. The second kappa shape index (κ2) is 5.13. The lowest BCUT2D eigenvalue weighted by atomic mass is 9.97. The SMILES string of the molecule is Cc1cc(C=CC#N)cc(C)c1[CH]C(=O)O. The highest BCUT2D eigenvalue weighted by Crippen LogP contribution is 2.19. The van der Waals surface area contributed by atoms with E-state index in [1.54, 1.807) is 6.08 Å². The fourth-order valence-electron chi connectivity index (χ4n) is 1.59. The van der Waals surface area contributed by atoms with Crippen LogP contribution >= 0.6 is 0 Å². The number of aliphatic carboxylic acids is 1. The van der Waals surface area contributed by atoms with Crippen molar-refractivity contribution in [2.45, 2.75) is 13.8 Å². The molecule has 0 heterocycles. The van der Waals surface area contributed by atoms with Crippen LogP contribution < -0.4 is 0 Å². The van der Waals surface area contributed by atoms with Crippen molar-refractivity contribution in [2.24, 2.45) is 0 Å². The van der Waals surface area contributed by atoms with Crippen LogP contribution in [0.4, 0.5) is 0 Å². The minimum Gasteiger partial charge on any atom is -0.481 e. The Morgan fingerprint density at radius 1 is 1.38 bits per heavy atom. The quantitative estimate of drug-likeness (QED) is 0.786. The van der Waals surface area contributed by atoms with E-state index in [1.807, 2.05) is 32.0 Å². The summed E-state index contributed by atoms with van der Waals surface area (Å²) in [5.41, 5.74) is 3.40. The summed E-state index contributed by atoms with van der Waals surface area (Å²) in [4.78, 5) is 10.6. The lowest BCUT2D eigenvalue weighted by Gasteiger charge is -2.08. The topological polar surface area (TPSA) is 61.1 Å². The van der Waals surface area contributed by atoms with Crippen LogP contribution in [-0.4, -0.2) is 11.1 Å². The molecule has 81 valence electrons. The molecule has 0 saturated heterocycles. The fourth-order valence-corrected chi connectivity index (χ4v) is 1.59. The molecule has 0 bridgehead atoms. The number of nitrogens with zero attached hydrogens (tertiary/aromatic N) is 1. The molecule has 1 radical (unpaired) electrons. The number of hydrogen-bond acceptors (Lipinski definition) is 2. The largest absolute Gasteiger partial charge is 0.481 e. The summed E-state index contributed by atoms with van der Waals surface area (Å²) in [5.74, 6) is -0.952. The third kappa shape index (κ3) is 2.96. The van der Waals surface area contributed by atoms with Gasteiger partial charge in [-0.2, -0.15) is 5.26 Å². The molecule has 0 aliphatic heterocycles. The number of carboxylic acids is 1. The van der Waals surface area contributed by atoms with Gasteiger partial charge >= 0.3 is 5.97 Å². The number of aryl methyl sites for hydroxylation is 2. The molecule has 0 spiro atoms. The summed E-state index contributed by atoms with van der Waals surface area (Å²) in [6.45, 7) is 3.71. The fraction of sp³-hybridized carbons (Fsp3) is 0.154. The predicted octanol–water partition coefficient (Wildman–Crippen LogP) is 2.48. The lowest BCUT2D eigenvalue weighted by Crippen LogP contribution is -2.01. The van der Waals surface area contributed by atoms with Gasteiger partial charge in [0, 0.05) is 6.08 Å². The van der Waals surface area contributed by atoms with Crippen LogP contribution in [0.5, 0.6) is 0 Å². The van der Waals surface area contributed by atoms with Crippen molar-refractivity contribution in [1.82, 2.24) is 0 Å². The molecule has 0 fully saturated rings. The zero-order chi connectivity index (χ0) is 12.1. The summed E-state index contributed by atoms with van der Waals surface area (Å²) >= 11 is 0. The van der Waals surface area contributed by atoms with E-state index >= 15 is 0 Å². The van der Waals surface area contributed by atoms with Crippen LogP contribution in [0.2, 0.25) is 0 Å². The van der Waals surface area contributed by atoms with Crippen molar-refractivity contribution in [1.29, 1.82) is 5.26 Å². The molecule has 16 heavy (non-hydrogen) atoms. The smallest absolute Gasteiger partial charge is 0.312 e. The molecule has 1 N–H and O–H groups in total. The van der Waals surface area contributed by atoms with Crippen LogP contribution in [0.25, 0.3) is 6.08 Å². The van der Waals surface area contributed by atoms with Gasteiger partial charge in [-0.1, -0.05) is 12.1 Å². The van der Waals surface area contributed by atoms with Crippen LogP contribution in [0.3, 0.4) is 0 Å². The molecule has 3 nitrogen and oxygen atoms in total. The number of rotatable bonds is 3. The van der Waals surface area contributed by atoms with Gasteiger partial charge < -0.3 is 5.11 Å². The number of benzene rings is 1. The minimum absolute atomic E-state index is 0.724. The van der Waals surface area contributed by atoms with E-state index in [2.05, 4.69) is 0 Å². The van der Waals surface area contributed by atoms with Crippen LogP contribution in [0.15, 0.2) is 18.2 Å². The monoisotopic (exact) mass is 214 g/mol. The molecule has 3 heteroatoms. The van der Waals surface area contributed by atoms with Crippen molar-refractivity contribution >= 4 is 12.0 Å². The third-order valence-electron chi connectivity index (χ3n) is 2.23. The molecular formula is C13H12NO2. The van der Waals surface area contributed by atoms with E-state index in [0.717, 1.165) is 22.3 Å². The average molecular weight is 214 g/mol. The van der Waals surface area contributed by atoms with Gasteiger partial charge in [0.1, 0.15) is 0 Å². The molecule has 1 aromatic rings. The second-order valence-corrected chi connectivity index (χ2v) is 3.51. The Morgan fingerprint density at radius 3 is 2.38 bits per heavy atom. The maximum absolute atomic E-state index is 10.6. The molecular weight excluding hydrogens is 202 g/mol. The Labute approximate surface area is 94.6 Å². The third-order valence-corrected chi connectivity index (χ3v) is 2.23. The van der Waals surface area contributed by atoms with E-state index in [4.69, 9.17) is 10.4 Å². The van der Waals surface area contributed by atoms with E-state index in [-0.39, 0.29) is 0 Å². The van der Waals surface area contributed by atoms with Crippen LogP contribution in [0, 0.1) is 31.6 Å². The summed E-state index contributed by atoms with van der Waals surface area (Å²) in [7, 11) is 0. The summed E-state index contributed by atoms with van der Waals surface area (Å²) in [6, 6.07) is 5.63. The van der Waals surface area contributed by atoms with Gasteiger partial charge in [-0.25, -0.2) is 0 Å². The molecule has 0 atom stereocenters. The molecule has 0 aliphatic rings. The van der Waals surface area contributed by atoms with Crippen molar-refractivity contribution in [3.05, 3.63) is 46.9 Å². The number of hydrogen-bond donors (Lipinski definition) is 1.